The number of aromatic nitrogens is 4. The van der Waals surface area contributed by atoms with E-state index in [1.807, 2.05) is 39.5 Å². The van der Waals surface area contributed by atoms with E-state index in [2.05, 4.69) is 21.5 Å². The van der Waals surface area contributed by atoms with Crippen LogP contribution in [0.3, 0.4) is 0 Å². The lowest BCUT2D eigenvalue weighted by Gasteiger charge is -2.44. The summed E-state index contributed by atoms with van der Waals surface area (Å²) >= 11 is 6.90. The molecule has 2 aliphatic heterocycles. The number of aromatic hydroxyl groups is 1. The topological polar surface area (TPSA) is 114 Å². The summed E-state index contributed by atoms with van der Waals surface area (Å²) in [6.07, 6.45) is 2.63. The van der Waals surface area contributed by atoms with Gasteiger partial charge in [0, 0.05) is 24.7 Å². The van der Waals surface area contributed by atoms with Crippen LogP contribution in [0.1, 0.15) is 57.8 Å². The molecule has 2 atom stereocenters. The Morgan fingerprint density at radius 3 is 2.41 bits per heavy atom. The van der Waals surface area contributed by atoms with E-state index in [0.29, 0.717) is 11.4 Å². The molecule has 1 saturated heterocycles. The van der Waals surface area contributed by atoms with Gasteiger partial charge in [0.15, 0.2) is 11.6 Å². The molecule has 10 nitrogen and oxygen atoms in total. The van der Waals surface area contributed by atoms with Gasteiger partial charge in [0.1, 0.15) is 35.8 Å². The van der Waals surface area contributed by atoms with Gasteiger partial charge in [-0.05, 0) is 37.0 Å². The van der Waals surface area contributed by atoms with Crippen molar-refractivity contribution in [1.29, 1.82) is 0 Å². The van der Waals surface area contributed by atoms with Crippen molar-refractivity contribution in [2.75, 3.05) is 24.6 Å². The number of halogens is 3. The molecule has 4 aromatic rings. The number of anilines is 1. The fraction of sp³-hybridized carbons (Fsp3) is 0.364. The van der Waals surface area contributed by atoms with Gasteiger partial charge in [0.05, 0.1) is 39.1 Å². The molecular weight excluding hydrogens is 618 g/mol. The summed E-state index contributed by atoms with van der Waals surface area (Å²) in [5.41, 5.74) is -0.861. The van der Waals surface area contributed by atoms with Gasteiger partial charge in [-0.2, -0.15) is 4.98 Å². The van der Waals surface area contributed by atoms with Gasteiger partial charge in [-0.25, -0.2) is 23.5 Å². The van der Waals surface area contributed by atoms with E-state index in [1.54, 1.807) is 4.90 Å². The number of nitrogens with zero attached hydrogens (tertiary/aromatic N) is 6. The van der Waals surface area contributed by atoms with Crippen LogP contribution in [0.5, 0.6) is 11.5 Å². The molecule has 1 N–H and O–H groups in total. The van der Waals surface area contributed by atoms with Crippen LogP contribution in [0.25, 0.3) is 27.7 Å². The van der Waals surface area contributed by atoms with Gasteiger partial charge in [0.25, 0.3) is 0 Å². The molecule has 0 radical (unpaired) electrons. The van der Waals surface area contributed by atoms with Crippen LogP contribution in [-0.2, 0) is 4.79 Å². The third-order valence-corrected chi connectivity index (χ3v) is 8.94. The van der Waals surface area contributed by atoms with Crippen LogP contribution in [0.4, 0.5) is 14.6 Å². The van der Waals surface area contributed by atoms with Crippen molar-refractivity contribution >= 4 is 34.2 Å². The number of phenolic OH excluding ortho intramolecular Hbond substituents is 1. The fourth-order valence-electron chi connectivity index (χ4n) is 6.42. The monoisotopic (exact) mass is 650 g/mol. The minimum absolute atomic E-state index is 0.0235. The molecule has 13 heteroatoms. The summed E-state index contributed by atoms with van der Waals surface area (Å²) in [5, 5.41) is 10.6. The Morgan fingerprint density at radius 2 is 1.80 bits per heavy atom. The lowest BCUT2D eigenvalue weighted by atomic mass is 9.98. The van der Waals surface area contributed by atoms with Gasteiger partial charge in [-0.1, -0.05) is 51.9 Å². The molecule has 46 heavy (non-hydrogen) atoms. The molecule has 240 valence electrons. The lowest BCUT2D eigenvalue weighted by molar-refractivity contribution is -0.129. The predicted octanol–water partition coefficient (Wildman–Crippen LogP) is 5.71. The maximum Gasteiger partial charge on any atom is 0.354 e. The van der Waals surface area contributed by atoms with Crippen LogP contribution in [0.15, 0.2) is 42.0 Å². The SMILES string of the molecule is C=CC(=O)N1CC2COc3c(Cl)c(-c4c(O)cccc4F)c(F)c4c3c(nc(=O)n4-c3c(C(C)C)ncnc3C(C)C)N2CC1C. The minimum atomic E-state index is -1.06. The first kappa shape index (κ1) is 31.4. The Bertz CT molecular complexity index is 1930. The molecular formula is C33H33ClF2N6O4. The summed E-state index contributed by atoms with van der Waals surface area (Å²) in [7, 11) is 0. The first-order valence-electron chi connectivity index (χ1n) is 15.0. The first-order valence-corrected chi connectivity index (χ1v) is 15.4. The number of fused-ring (bicyclic) bond motifs is 2. The van der Waals surface area contributed by atoms with Crippen LogP contribution in [0.2, 0.25) is 5.02 Å². The number of ether oxygens (including phenoxy) is 1. The highest BCUT2D eigenvalue weighted by atomic mass is 35.5. The summed E-state index contributed by atoms with van der Waals surface area (Å²) in [5.74, 6) is -3.16. The van der Waals surface area contributed by atoms with Crippen LogP contribution in [0, 0.1) is 11.6 Å². The Balaban J connectivity index is 1.79. The smallest absolute Gasteiger partial charge is 0.354 e. The average Bonchev–Trinajstić information content (AvgIpc) is 3.16. The summed E-state index contributed by atoms with van der Waals surface area (Å²) in [4.78, 5) is 43.9. The standard InChI is InChI=1S/C33H33ClF2N6O4/c1-7-21(44)40-12-18-13-46-31-24-29(26(36)23(25(31)34)22-19(35)9-8-10-20(22)43)42(33(45)39-32(24)41(18)11-17(40)6)30-27(15(2)3)37-14-38-28(30)16(4)5/h7-10,14-18,43H,1,11-13H2,2-6H3. The zero-order chi connectivity index (χ0) is 33.2. The largest absolute Gasteiger partial charge is 0.507 e. The molecule has 0 spiro atoms. The second kappa shape index (κ2) is 11.7. The van der Waals surface area contributed by atoms with E-state index in [9.17, 15) is 14.7 Å². The zero-order valence-electron chi connectivity index (χ0n) is 26.0. The molecule has 4 heterocycles. The van der Waals surface area contributed by atoms with Gasteiger partial charge in [-0.15, -0.1) is 0 Å². The number of carbonyl (C=O) groups is 1. The van der Waals surface area contributed by atoms with Crippen molar-refractivity contribution in [1.82, 2.24) is 24.4 Å². The van der Waals surface area contributed by atoms with Crippen LogP contribution in [-0.4, -0.2) is 67.2 Å². The highest BCUT2D eigenvalue weighted by Gasteiger charge is 2.41. The Morgan fingerprint density at radius 1 is 1.13 bits per heavy atom. The number of piperazine rings is 1. The number of benzene rings is 2. The summed E-state index contributed by atoms with van der Waals surface area (Å²) < 4.78 is 40.2. The lowest BCUT2D eigenvalue weighted by Crippen LogP contribution is -2.60. The van der Waals surface area contributed by atoms with Crippen LogP contribution < -0.4 is 15.3 Å². The predicted molar refractivity (Wildman–Crippen MR) is 171 cm³/mol. The van der Waals surface area contributed by atoms with E-state index < -0.39 is 40.2 Å². The fourth-order valence-corrected chi connectivity index (χ4v) is 6.75. The molecule has 2 aliphatic rings. The van der Waals surface area contributed by atoms with Gasteiger partial charge < -0.3 is 19.6 Å². The highest BCUT2D eigenvalue weighted by Crippen LogP contribution is 2.50. The third-order valence-electron chi connectivity index (χ3n) is 8.58. The van der Waals surface area contributed by atoms with E-state index in [-0.39, 0.29) is 76.7 Å². The van der Waals surface area contributed by atoms with Crippen molar-refractivity contribution in [3.8, 4) is 28.3 Å². The number of hydrogen-bond acceptors (Lipinski definition) is 8. The highest BCUT2D eigenvalue weighted by molar-refractivity contribution is 6.36. The number of carbonyl (C=O) groups excluding carboxylic acids is 1. The van der Waals surface area contributed by atoms with Gasteiger partial charge >= 0.3 is 5.69 Å². The maximum absolute atomic E-state index is 17.4. The molecule has 2 unspecified atom stereocenters. The Hall–Kier alpha value is -4.58. The van der Waals surface area contributed by atoms with Gasteiger partial charge in [-0.3, -0.25) is 9.36 Å². The van der Waals surface area contributed by atoms with E-state index in [1.165, 1.54) is 24.5 Å². The Kier molecular flexibility index (Phi) is 7.95. The molecule has 1 fully saturated rings. The van der Waals surface area contributed by atoms with Crippen molar-refractivity contribution in [3.63, 3.8) is 0 Å². The molecule has 2 aromatic carbocycles. The molecule has 6 rings (SSSR count). The third kappa shape index (κ3) is 4.77. The minimum Gasteiger partial charge on any atom is -0.507 e. The molecule has 0 saturated carbocycles. The van der Waals surface area contributed by atoms with E-state index in [0.717, 1.165) is 10.6 Å². The van der Waals surface area contributed by atoms with E-state index in [4.69, 9.17) is 16.3 Å². The van der Waals surface area contributed by atoms with Crippen molar-refractivity contribution < 1.29 is 23.4 Å². The number of rotatable bonds is 5. The maximum atomic E-state index is 17.4. The number of phenols is 1. The molecule has 0 bridgehead atoms. The first-order chi connectivity index (χ1) is 21.9. The van der Waals surface area contributed by atoms with Crippen molar-refractivity contribution in [2.45, 2.75) is 58.5 Å². The molecule has 1 amide bonds. The second-order valence-corrected chi connectivity index (χ2v) is 12.6. The number of hydrogen-bond donors (Lipinski definition) is 1. The number of amides is 1. The zero-order valence-corrected chi connectivity index (χ0v) is 26.8. The second-order valence-electron chi connectivity index (χ2n) is 12.2. The summed E-state index contributed by atoms with van der Waals surface area (Å²) in [6.45, 7) is 13.4. The average molecular weight is 651 g/mol. The molecule has 2 aromatic heterocycles. The molecule has 0 aliphatic carbocycles. The van der Waals surface area contributed by atoms with Crippen LogP contribution >= 0.6 is 11.6 Å². The Labute approximate surface area is 268 Å². The van der Waals surface area contributed by atoms with Crippen molar-refractivity contribution in [2.24, 2.45) is 0 Å². The quantitative estimate of drug-likeness (QED) is 0.273. The normalized spacial score (nSPS) is 17.7. The summed E-state index contributed by atoms with van der Waals surface area (Å²) in [6, 6.07) is 2.75. The van der Waals surface area contributed by atoms with E-state index >= 15 is 8.78 Å². The van der Waals surface area contributed by atoms with Crippen molar-refractivity contribution in [3.05, 3.63) is 75.7 Å². The van der Waals surface area contributed by atoms with Gasteiger partial charge in [0.2, 0.25) is 5.91 Å².